The lowest BCUT2D eigenvalue weighted by Crippen LogP contribution is -2.28. The summed E-state index contributed by atoms with van der Waals surface area (Å²) in [6.45, 7) is -4.72. The molecule has 0 bridgehead atoms. The zero-order chi connectivity index (χ0) is 23.4. The second kappa shape index (κ2) is 6.71. The fourth-order valence-corrected chi connectivity index (χ4v) is 1.71. The predicted octanol–water partition coefficient (Wildman–Crippen LogP) is 2.85. The van der Waals surface area contributed by atoms with Gasteiger partial charge in [-0.2, -0.15) is 0 Å². The van der Waals surface area contributed by atoms with E-state index in [9.17, 15) is 4.79 Å². The molecule has 0 atom stereocenters. The Hall–Kier alpha value is -1.35. The maximum absolute atomic E-state index is 12.1. The van der Waals surface area contributed by atoms with Crippen molar-refractivity contribution in [3.05, 3.63) is 29.3 Å². The van der Waals surface area contributed by atoms with Gasteiger partial charge in [-0.3, -0.25) is 4.79 Å². The first-order valence-corrected chi connectivity index (χ1v) is 6.20. The number of rotatable bonds is 7. The molecule has 1 aliphatic heterocycles. The number of benzene rings is 1. The van der Waals surface area contributed by atoms with Crippen molar-refractivity contribution in [3.63, 3.8) is 0 Å². The van der Waals surface area contributed by atoms with E-state index in [-0.39, 0.29) is 24.1 Å². The van der Waals surface area contributed by atoms with Crippen LogP contribution in [0.5, 0.6) is 0 Å². The zero-order valence-electron chi connectivity index (χ0n) is 22.0. The van der Waals surface area contributed by atoms with Crippen molar-refractivity contribution < 1.29 is 19.9 Å². The molecule has 3 heteroatoms. The number of fused-ring (bicyclic) bond motifs is 1. The molecule has 0 saturated heterocycles. The number of carbonyl (C=O) groups excluding carboxylic acids is 1. The number of anilines is 1. The molecule has 1 aliphatic rings. The third-order valence-corrected chi connectivity index (χ3v) is 2.48. The van der Waals surface area contributed by atoms with Crippen LogP contribution < -0.4 is 5.32 Å². The van der Waals surface area contributed by atoms with Crippen LogP contribution in [-0.2, 0) is 17.6 Å². The molecular weight excluding hydrogens is 236 g/mol. The fourth-order valence-electron chi connectivity index (χ4n) is 1.71. The maximum Gasteiger partial charge on any atom is 0.228 e. The lowest BCUT2D eigenvalue weighted by molar-refractivity contribution is -0.115. The highest BCUT2D eigenvalue weighted by atomic mass is 16.1. The second-order valence-electron chi connectivity index (χ2n) is 3.88. The van der Waals surface area contributed by atoms with E-state index in [4.69, 9.17) is 15.1 Å². The van der Waals surface area contributed by atoms with E-state index in [1.165, 1.54) is 13.8 Å². The SMILES string of the molecule is [2H]c1c([2H])c(CC([2H])([2H])N(C([2H])([2H])CC)C([2H])([2H])CC)c2c(c1[2H])NC(=O)C2([2H])[2H]. The minimum atomic E-state index is -2.75. The van der Waals surface area contributed by atoms with Crippen LogP contribution in [0.4, 0.5) is 5.69 Å². The number of amides is 1. The summed E-state index contributed by atoms with van der Waals surface area (Å²) < 4.78 is 89.8. The lowest BCUT2D eigenvalue weighted by atomic mass is 10.0. The highest BCUT2D eigenvalue weighted by molar-refractivity contribution is 5.99. The standard InChI is InChI=1S/C16H24N2O/c1-3-9-18(10-4-2)11-8-13-6-5-7-15-14(13)12-16(19)17-15/h5-7H,3-4,8-12H2,1-2H3,(H,17,19)/i5D,6D,7D,9D2,10D2,11D2,12D2. The van der Waals surface area contributed by atoms with Crippen LogP contribution in [0.25, 0.3) is 0 Å². The topological polar surface area (TPSA) is 32.3 Å². The Labute approximate surface area is 131 Å². The molecule has 3 nitrogen and oxygen atoms in total. The van der Waals surface area contributed by atoms with Crippen molar-refractivity contribution in [1.82, 2.24) is 4.90 Å². The second-order valence-corrected chi connectivity index (χ2v) is 3.88. The Morgan fingerprint density at radius 3 is 2.79 bits per heavy atom. The highest BCUT2D eigenvalue weighted by Gasteiger charge is 2.20. The van der Waals surface area contributed by atoms with Gasteiger partial charge in [-0.15, -0.1) is 0 Å². The van der Waals surface area contributed by atoms with Gasteiger partial charge in [0.15, 0.2) is 0 Å². The minimum absolute atomic E-state index is 0.242. The van der Waals surface area contributed by atoms with Gasteiger partial charge >= 0.3 is 0 Å². The molecule has 0 fully saturated rings. The third kappa shape index (κ3) is 3.57. The minimum Gasteiger partial charge on any atom is -0.326 e. The molecule has 1 amide bonds. The number of hydrogen-bond donors (Lipinski definition) is 1. The normalized spacial score (nSPS) is 27.1. The van der Waals surface area contributed by atoms with Crippen molar-refractivity contribution in [1.29, 1.82) is 0 Å². The molecule has 104 valence electrons. The predicted molar refractivity (Wildman–Crippen MR) is 79.5 cm³/mol. The molecule has 0 radical (unpaired) electrons. The molecular formula is C16H24N2O. The first kappa shape index (κ1) is 5.57. The Balaban J connectivity index is 2.74. The van der Waals surface area contributed by atoms with Gasteiger partial charge in [0.25, 0.3) is 0 Å². The molecule has 1 aromatic carbocycles. The van der Waals surface area contributed by atoms with Crippen LogP contribution in [0, 0.1) is 0 Å². The summed E-state index contributed by atoms with van der Waals surface area (Å²) in [5.41, 5.74) is -1.13. The van der Waals surface area contributed by atoms with Gasteiger partial charge in [0.2, 0.25) is 5.91 Å². The van der Waals surface area contributed by atoms with Gasteiger partial charge in [-0.1, -0.05) is 25.9 Å². The molecule has 1 aromatic rings. The van der Waals surface area contributed by atoms with Gasteiger partial charge in [0.05, 0.1) is 10.5 Å². The van der Waals surface area contributed by atoms with Crippen molar-refractivity contribution in [3.8, 4) is 0 Å². The number of hydrogen-bond acceptors (Lipinski definition) is 2. The van der Waals surface area contributed by atoms with Crippen molar-refractivity contribution in [2.24, 2.45) is 0 Å². The van der Waals surface area contributed by atoms with Gasteiger partial charge in [-0.25, -0.2) is 0 Å². The average Bonchev–Trinajstić information content (AvgIpc) is 2.85. The molecule has 19 heavy (non-hydrogen) atoms. The number of nitrogens with zero attached hydrogens (tertiary/aromatic N) is 1. The number of nitrogens with one attached hydrogen (secondary N) is 1. The molecule has 0 unspecified atom stereocenters. The van der Waals surface area contributed by atoms with Crippen molar-refractivity contribution >= 4 is 11.6 Å². The molecule has 0 saturated carbocycles. The Morgan fingerprint density at radius 1 is 1.37 bits per heavy atom. The summed E-state index contributed by atoms with van der Waals surface area (Å²) in [7, 11) is 0. The summed E-state index contributed by atoms with van der Waals surface area (Å²) in [4.78, 5) is 12.5. The summed E-state index contributed by atoms with van der Waals surface area (Å²) in [5.74, 6) is -1.11. The molecule has 1 heterocycles. The first-order chi connectivity index (χ1) is 13.5. The van der Waals surface area contributed by atoms with E-state index in [0.717, 1.165) is 0 Å². The van der Waals surface area contributed by atoms with E-state index in [1.54, 1.807) is 0 Å². The van der Waals surface area contributed by atoms with Crippen molar-refractivity contribution in [2.75, 3.05) is 24.8 Å². The summed E-state index contributed by atoms with van der Waals surface area (Å²) in [5, 5.41) is 2.17. The van der Waals surface area contributed by atoms with E-state index in [1.807, 2.05) is 0 Å². The van der Waals surface area contributed by atoms with E-state index in [2.05, 4.69) is 5.32 Å². The van der Waals surface area contributed by atoms with Crippen LogP contribution in [0.3, 0.4) is 0 Å². The molecule has 0 aliphatic carbocycles. The fraction of sp³-hybridized carbons (Fsp3) is 0.562. The summed E-state index contributed by atoms with van der Waals surface area (Å²) in [6, 6.07) is -1.86. The van der Waals surface area contributed by atoms with Crippen LogP contribution in [0.1, 0.15) is 52.9 Å². The van der Waals surface area contributed by atoms with Crippen molar-refractivity contribution in [2.45, 2.75) is 39.5 Å². The summed E-state index contributed by atoms with van der Waals surface area (Å²) >= 11 is 0. The Morgan fingerprint density at radius 2 is 2.11 bits per heavy atom. The summed E-state index contributed by atoms with van der Waals surface area (Å²) in [6.07, 6.45) is -4.02. The zero-order valence-corrected chi connectivity index (χ0v) is 11.0. The van der Waals surface area contributed by atoms with Crippen LogP contribution in [0.15, 0.2) is 18.1 Å². The molecule has 1 N–H and O–H groups in total. The van der Waals surface area contributed by atoms with Crippen LogP contribution in [-0.4, -0.2) is 30.3 Å². The quantitative estimate of drug-likeness (QED) is 0.827. The lowest BCUT2D eigenvalue weighted by Gasteiger charge is -2.21. The Kier molecular flexibility index (Phi) is 1.97. The monoisotopic (exact) mass is 271 g/mol. The molecule has 0 aromatic heterocycles. The van der Waals surface area contributed by atoms with Gasteiger partial charge in [-0.05, 0) is 49.4 Å². The van der Waals surface area contributed by atoms with Crippen LogP contribution in [0.2, 0.25) is 0 Å². The van der Waals surface area contributed by atoms with Gasteiger partial charge < -0.3 is 10.2 Å². The van der Waals surface area contributed by atoms with Gasteiger partial charge in [0.1, 0.15) is 0 Å². The first-order valence-electron chi connectivity index (χ1n) is 11.7. The highest BCUT2D eigenvalue weighted by Crippen LogP contribution is 2.26. The van der Waals surface area contributed by atoms with Gasteiger partial charge in [0, 0.05) is 23.2 Å². The van der Waals surface area contributed by atoms with E-state index >= 15 is 0 Å². The molecule has 0 spiro atoms. The molecule has 2 rings (SSSR count). The van der Waals surface area contributed by atoms with E-state index in [0.29, 0.717) is 4.90 Å². The third-order valence-electron chi connectivity index (χ3n) is 2.48. The maximum atomic E-state index is 12.1. The van der Waals surface area contributed by atoms with E-state index < -0.39 is 61.9 Å². The average molecular weight is 271 g/mol. The number of carbonyl (C=O) groups is 1. The smallest absolute Gasteiger partial charge is 0.228 e. The largest absolute Gasteiger partial charge is 0.326 e. The van der Waals surface area contributed by atoms with Crippen LogP contribution >= 0.6 is 0 Å². The Bertz CT molecular complexity index is 853.